The van der Waals surface area contributed by atoms with Crippen molar-refractivity contribution in [2.45, 2.75) is 0 Å². The van der Waals surface area contributed by atoms with Crippen molar-refractivity contribution in [1.29, 1.82) is 0 Å². The van der Waals surface area contributed by atoms with Crippen molar-refractivity contribution in [1.82, 2.24) is 0 Å². The van der Waals surface area contributed by atoms with Gasteiger partial charge in [0, 0.05) is 0 Å². The van der Waals surface area contributed by atoms with Gasteiger partial charge in [0.25, 0.3) is 0 Å². The Bertz CT molecular complexity index is 3780. The van der Waals surface area contributed by atoms with Crippen LogP contribution < -0.4 is 0 Å². The van der Waals surface area contributed by atoms with Crippen LogP contribution in [0.3, 0.4) is 0 Å². The minimum atomic E-state index is 1.20. The van der Waals surface area contributed by atoms with Crippen molar-refractivity contribution in [3.8, 4) is 66.8 Å². The SMILES string of the molecule is c1ccc(-c2ccccc2-c2ccc(-c3ccc4ccc5cccc6ccc3c4c56)cc2)c(-c2ccc(-c3ccc(-c4ccc5ccc6cccc7ccc4c5c67)cc3)cc2)c1. The zero-order chi connectivity index (χ0) is 40.7. The molecule has 13 rings (SSSR count). The third-order valence-corrected chi connectivity index (χ3v) is 13.4. The summed E-state index contributed by atoms with van der Waals surface area (Å²) in [6.45, 7) is 0. The lowest BCUT2D eigenvalue weighted by Crippen LogP contribution is -1.90. The van der Waals surface area contributed by atoms with Gasteiger partial charge in [0.2, 0.25) is 0 Å². The van der Waals surface area contributed by atoms with E-state index in [4.69, 9.17) is 0 Å². The molecule has 0 nitrogen and oxygen atoms in total. The summed E-state index contributed by atoms with van der Waals surface area (Å²) in [6.07, 6.45) is 0. The summed E-state index contributed by atoms with van der Waals surface area (Å²) < 4.78 is 0. The second-order valence-electron chi connectivity index (χ2n) is 16.8. The third-order valence-electron chi connectivity index (χ3n) is 13.4. The molecule has 0 aliphatic heterocycles. The van der Waals surface area contributed by atoms with Gasteiger partial charge < -0.3 is 0 Å². The predicted molar refractivity (Wildman–Crippen MR) is 266 cm³/mol. The van der Waals surface area contributed by atoms with E-state index in [9.17, 15) is 0 Å². The van der Waals surface area contributed by atoms with Crippen molar-refractivity contribution < 1.29 is 0 Å². The maximum Gasteiger partial charge on any atom is -0.00206 e. The molecule has 0 fully saturated rings. The van der Waals surface area contributed by atoms with Gasteiger partial charge in [0.1, 0.15) is 0 Å². The second kappa shape index (κ2) is 13.7. The van der Waals surface area contributed by atoms with Crippen LogP contribution in [0.15, 0.2) is 231 Å². The van der Waals surface area contributed by atoms with Gasteiger partial charge in [-0.25, -0.2) is 0 Å². The number of benzene rings is 13. The van der Waals surface area contributed by atoms with E-state index in [1.165, 1.54) is 131 Å². The predicted octanol–water partition coefficient (Wildman–Crippen LogP) is 17.5. The molecule has 0 aromatic heterocycles. The molecule has 0 amide bonds. The Hall–Kier alpha value is -8.06. The number of hydrogen-bond donors (Lipinski definition) is 0. The van der Waals surface area contributed by atoms with E-state index >= 15 is 0 Å². The zero-order valence-electron chi connectivity index (χ0n) is 33.9. The Morgan fingerprint density at radius 3 is 0.790 bits per heavy atom. The molecule has 0 N–H and O–H groups in total. The lowest BCUT2D eigenvalue weighted by atomic mass is 9.87. The van der Waals surface area contributed by atoms with Gasteiger partial charge in [0.05, 0.1) is 0 Å². The van der Waals surface area contributed by atoms with Gasteiger partial charge in [-0.1, -0.05) is 231 Å². The lowest BCUT2D eigenvalue weighted by molar-refractivity contribution is 1.55. The highest BCUT2D eigenvalue weighted by atomic mass is 14.2. The standard InChI is InChI=1S/C62H38/c1-3-13-55(56-14-4-2-12-52(56)42-23-25-44(26-24-42)54-36-32-50-30-28-46-8-6-10-48-34-38-58(54)62(50)60(46)48)51(11-1)41-19-15-39(16-20-41)40-17-21-43(22-18-40)53-35-31-49-29-27-45-7-5-9-47-33-37-57(53)61(49)59(45)47/h1-38H. The Morgan fingerprint density at radius 2 is 0.419 bits per heavy atom. The summed E-state index contributed by atoms with van der Waals surface area (Å²) in [6, 6.07) is 85.5. The molecular formula is C62H38. The fourth-order valence-electron chi connectivity index (χ4n) is 10.4. The second-order valence-corrected chi connectivity index (χ2v) is 16.8. The first-order chi connectivity index (χ1) is 30.7. The topological polar surface area (TPSA) is 0 Å². The van der Waals surface area contributed by atoms with E-state index in [0.29, 0.717) is 0 Å². The summed E-state index contributed by atoms with van der Waals surface area (Å²) in [7, 11) is 0. The highest BCUT2D eigenvalue weighted by molar-refractivity contribution is 6.26. The van der Waals surface area contributed by atoms with Crippen molar-refractivity contribution in [3.63, 3.8) is 0 Å². The van der Waals surface area contributed by atoms with Gasteiger partial charge >= 0.3 is 0 Å². The first-order valence-corrected chi connectivity index (χ1v) is 21.6. The molecule has 0 radical (unpaired) electrons. The third kappa shape index (κ3) is 5.40. The molecule has 13 aromatic rings. The normalized spacial score (nSPS) is 11.9. The van der Waals surface area contributed by atoms with Gasteiger partial charge in [-0.15, -0.1) is 0 Å². The summed E-state index contributed by atoms with van der Waals surface area (Å²) in [5.74, 6) is 0. The largest absolute Gasteiger partial charge is 0.0616 e. The van der Waals surface area contributed by atoms with Crippen LogP contribution in [0.2, 0.25) is 0 Å². The van der Waals surface area contributed by atoms with Gasteiger partial charge in [0.15, 0.2) is 0 Å². The van der Waals surface area contributed by atoms with Gasteiger partial charge in [-0.3, -0.25) is 0 Å². The van der Waals surface area contributed by atoms with Crippen molar-refractivity contribution in [2.75, 3.05) is 0 Å². The maximum absolute atomic E-state index is 2.30. The molecule has 0 unspecified atom stereocenters. The Morgan fingerprint density at radius 1 is 0.145 bits per heavy atom. The zero-order valence-corrected chi connectivity index (χ0v) is 33.9. The van der Waals surface area contributed by atoms with Crippen LogP contribution in [0.5, 0.6) is 0 Å². The Kier molecular flexibility index (Phi) is 7.71. The summed E-state index contributed by atoms with van der Waals surface area (Å²) in [5, 5.41) is 15.8. The highest BCUT2D eigenvalue weighted by Gasteiger charge is 2.16. The quantitative estimate of drug-likeness (QED) is 0.147. The van der Waals surface area contributed by atoms with Crippen LogP contribution in [0.25, 0.3) is 131 Å². The van der Waals surface area contributed by atoms with Crippen molar-refractivity contribution in [2.24, 2.45) is 0 Å². The molecule has 62 heavy (non-hydrogen) atoms. The minimum absolute atomic E-state index is 1.20. The molecule has 0 saturated heterocycles. The molecule has 0 heteroatoms. The highest BCUT2D eigenvalue weighted by Crippen LogP contribution is 2.43. The fourth-order valence-corrected chi connectivity index (χ4v) is 10.4. The molecule has 0 spiro atoms. The van der Waals surface area contributed by atoms with Crippen LogP contribution in [0, 0.1) is 0 Å². The molecule has 0 aliphatic rings. The molecule has 0 bridgehead atoms. The molecular weight excluding hydrogens is 745 g/mol. The van der Waals surface area contributed by atoms with E-state index in [1.807, 2.05) is 0 Å². The summed E-state index contributed by atoms with van der Waals surface area (Å²) >= 11 is 0. The molecule has 286 valence electrons. The minimum Gasteiger partial charge on any atom is -0.0616 e. The average Bonchev–Trinajstić information content (AvgIpc) is 3.35. The number of rotatable bonds is 6. The van der Waals surface area contributed by atoms with Crippen LogP contribution in [-0.2, 0) is 0 Å². The van der Waals surface area contributed by atoms with Gasteiger partial charge in [-0.2, -0.15) is 0 Å². The Labute approximate surface area is 360 Å². The summed E-state index contributed by atoms with van der Waals surface area (Å²) in [4.78, 5) is 0. The monoisotopic (exact) mass is 782 g/mol. The van der Waals surface area contributed by atoms with E-state index in [1.54, 1.807) is 0 Å². The molecule has 0 saturated carbocycles. The lowest BCUT2D eigenvalue weighted by Gasteiger charge is -2.16. The first kappa shape index (κ1) is 34.8. The molecule has 0 heterocycles. The van der Waals surface area contributed by atoms with Gasteiger partial charge in [-0.05, 0) is 131 Å². The molecule has 13 aromatic carbocycles. The maximum atomic E-state index is 2.30. The van der Waals surface area contributed by atoms with Crippen LogP contribution in [0.1, 0.15) is 0 Å². The molecule has 0 atom stereocenters. The average molecular weight is 783 g/mol. The van der Waals surface area contributed by atoms with Crippen LogP contribution >= 0.6 is 0 Å². The first-order valence-electron chi connectivity index (χ1n) is 21.6. The van der Waals surface area contributed by atoms with E-state index in [0.717, 1.165) is 0 Å². The molecule has 0 aliphatic carbocycles. The smallest absolute Gasteiger partial charge is 0.00206 e. The van der Waals surface area contributed by atoms with Crippen LogP contribution in [-0.4, -0.2) is 0 Å². The summed E-state index contributed by atoms with van der Waals surface area (Å²) in [5.41, 5.74) is 14.7. The van der Waals surface area contributed by atoms with Crippen molar-refractivity contribution in [3.05, 3.63) is 231 Å². The number of hydrogen-bond acceptors (Lipinski definition) is 0. The van der Waals surface area contributed by atoms with E-state index in [-0.39, 0.29) is 0 Å². The van der Waals surface area contributed by atoms with E-state index in [2.05, 4.69) is 231 Å². The van der Waals surface area contributed by atoms with Crippen molar-refractivity contribution >= 4 is 64.6 Å². The fraction of sp³-hybridized carbons (Fsp3) is 0. The Balaban J connectivity index is 0.809. The van der Waals surface area contributed by atoms with E-state index < -0.39 is 0 Å². The van der Waals surface area contributed by atoms with Crippen LogP contribution in [0.4, 0.5) is 0 Å².